The van der Waals surface area contributed by atoms with Gasteiger partial charge in [-0.1, -0.05) is 58.0 Å². The number of hydrogen-bond acceptors (Lipinski definition) is 4. The Labute approximate surface area is 167 Å². The number of hydrogen-bond donors (Lipinski definition) is 2. The van der Waals surface area contributed by atoms with Crippen LogP contribution in [0.25, 0.3) is 0 Å². The molecule has 2 N–H and O–H groups in total. The SMILES string of the molecule is COc1ccc(Cl)cc1C(=O)NNC(=O)c1nc(Cl)c(Cl)c(Cl)c1Cl. The van der Waals surface area contributed by atoms with Crippen molar-refractivity contribution in [2.45, 2.75) is 0 Å². The van der Waals surface area contributed by atoms with E-state index in [0.29, 0.717) is 5.02 Å². The number of amides is 2. The van der Waals surface area contributed by atoms with Gasteiger partial charge in [0.25, 0.3) is 11.8 Å². The maximum absolute atomic E-state index is 12.2. The Hall–Kier alpha value is -1.44. The van der Waals surface area contributed by atoms with Gasteiger partial charge in [-0.2, -0.15) is 0 Å². The first-order valence-corrected chi connectivity index (χ1v) is 8.29. The summed E-state index contributed by atoms with van der Waals surface area (Å²) in [7, 11) is 1.39. The van der Waals surface area contributed by atoms with Gasteiger partial charge in [0.05, 0.1) is 27.7 Å². The highest BCUT2D eigenvalue weighted by atomic mass is 35.5. The first kappa shape index (κ1) is 19.9. The number of nitrogens with zero attached hydrogens (tertiary/aromatic N) is 1. The first-order valence-electron chi connectivity index (χ1n) is 6.40. The van der Waals surface area contributed by atoms with Gasteiger partial charge < -0.3 is 4.74 Å². The zero-order valence-corrected chi connectivity index (χ0v) is 16.1. The zero-order chi connectivity index (χ0) is 18.7. The lowest BCUT2D eigenvalue weighted by Crippen LogP contribution is -2.42. The number of benzene rings is 1. The third-order valence-electron chi connectivity index (χ3n) is 2.90. The van der Waals surface area contributed by atoms with E-state index in [1.165, 1.54) is 19.2 Å². The second kappa shape index (κ2) is 8.29. The topological polar surface area (TPSA) is 80.3 Å². The normalized spacial score (nSPS) is 10.3. The third-order valence-corrected chi connectivity index (χ3v) is 4.81. The van der Waals surface area contributed by atoms with Crippen LogP contribution in [0.3, 0.4) is 0 Å². The average molecular weight is 444 g/mol. The Bertz CT molecular complexity index is 860. The van der Waals surface area contributed by atoms with Crippen LogP contribution in [0.2, 0.25) is 25.2 Å². The molecule has 2 aromatic rings. The van der Waals surface area contributed by atoms with E-state index in [9.17, 15) is 9.59 Å². The molecule has 0 unspecified atom stereocenters. The molecule has 1 aromatic carbocycles. The summed E-state index contributed by atoms with van der Waals surface area (Å²) in [5, 5.41) is -0.306. The van der Waals surface area contributed by atoms with Crippen LogP contribution in [0.1, 0.15) is 20.8 Å². The molecule has 0 saturated heterocycles. The van der Waals surface area contributed by atoms with E-state index in [4.69, 9.17) is 62.7 Å². The molecule has 1 aromatic heterocycles. The number of methoxy groups -OCH3 is 1. The van der Waals surface area contributed by atoms with Crippen molar-refractivity contribution < 1.29 is 14.3 Å². The molecule has 0 saturated carbocycles. The minimum Gasteiger partial charge on any atom is -0.496 e. The molecular formula is C14H8Cl5N3O3. The van der Waals surface area contributed by atoms with Gasteiger partial charge in [-0.05, 0) is 18.2 Å². The smallest absolute Gasteiger partial charge is 0.289 e. The predicted octanol–water partition coefficient (Wildman–Crippen LogP) is 4.43. The van der Waals surface area contributed by atoms with E-state index >= 15 is 0 Å². The Morgan fingerprint density at radius 2 is 1.60 bits per heavy atom. The maximum Gasteiger partial charge on any atom is 0.289 e. The van der Waals surface area contributed by atoms with Crippen LogP contribution in [0, 0.1) is 0 Å². The Morgan fingerprint density at radius 3 is 2.24 bits per heavy atom. The quantitative estimate of drug-likeness (QED) is 0.543. The van der Waals surface area contributed by atoms with Crippen LogP contribution in [0.4, 0.5) is 0 Å². The molecule has 0 spiro atoms. The predicted molar refractivity (Wildman–Crippen MR) is 97.2 cm³/mol. The standard InChI is InChI=1S/C14H8Cl5N3O3/c1-25-7-3-2-5(15)4-6(7)13(23)21-22-14(24)11-9(17)8(16)10(18)12(19)20-11/h2-4H,1H3,(H,21,23)(H,22,24). The van der Waals surface area contributed by atoms with Crippen molar-refractivity contribution in [3.63, 3.8) is 0 Å². The Kier molecular flexibility index (Phi) is 6.59. The molecule has 0 atom stereocenters. The van der Waals surface area contributed by atoms with E-state index in [-0.39, 0.29) is 37.2 Å². The number of rotatable bonds is 3. The van der Waals surface area contributed by atoms with Gasteiger partial charge in [0.2, 0.25) is 0 Å². The van der Waals surface area contributed by atoms with Crippen LogP contribution in [0.15, 0.2) is 18.2 Å². The van der Waals surface area contributed by atoms with E-state index < -0.39 is 11.8 Å². The largest absolute Gasteiger partial charge is 0.496 e. The minimum absolute atomic E-state index is 0.0856. The lowest BCUT2D eigenvalue weighted by molar-refractivity contribution is 0.0842. The lowest BCUT2D eigenvalue weighted by Gasteiger charge is -2.12. The number of hydrazine groups is 1. The summed E-state index contributed by atoms with van der Waals surface area (Å²) in [6.07, 6.45) is 0. The fourth-order valence-electron chi connectivity index (χ4n) is 1.74. The van der Waals surface area contributed by atoms with Gasteiger partial charge in [0.1, 0.15) is 10.9 Å². The van der Waals surface area contributed by atoms with E-state index in [1.54, 1.807) is 6.07 Å². The van der Waals surface area contributed by atoms with Crippen LogP contribution in [0.5, 0.6) is 5.75 Å². The van der Waals surface area contributed by atoms with Crippen molar-refractivity contribution in [2.75, 3.05) is 7.11 Å². The van der Waals surface area contributed by atoms with Gasteiger partial charge in [0, 0.05) is 5.02 Å². The Balaban J connectivity index is 2.18. The van der Waals surface area contributed by atoms with E-state index in [0.717, 1.165) is 0 Å². The van der Waals surface area contributed by atoms with Gasteiger partial charge in [0.15, 0.2) is 5.69 Å². The average Bonchev–Trinajstić information content (AvgIpc) is 2.60. The third kappa shape index (κ3) is 4.40. The lowest BCUT2D eigenvalue weighted by atomic mass is 10.2. The molecule has 1 heterocycles. The summed E-state index contributed by atoms with van der Waals surface area (Å²) < 4.78 is 5.06. The highest BCUT2D eigenvalue weighted by molar-refractivity contribution is 6.52. The van der Waals surface area contributed by atoms with Crippen molar-refractivity contribution in [1.82, 2.24) is 15.8 Å². The molecular weight excluding hydrogens is 435 g/mol. The molecule has 0 aliphatic heterocycles. The van der Waals surface area contributed by atoms with Crippen molar-refractivity contribution >= 4 is 69.8 Å². The summed E-state index contributed by atoms with van der Waals surface area (Å²) >= 11 is 29.2. The van der Waals surface area contributed by atoms with E-state index in [2.05, 4.69) is 15.8 Å². The molecule has 2 amide bonds. The number of carbonyl (C=O) groups excluding carboxylic acids is 2. The number of nitrogens with one attached hydrogen (secondary N) is 2. The monoisotopic (exact) mass is 441 g/mol. The van der Waals surface area contributed by atoms with Gasteiger partial charge in [-0.15, -0.1) is 0 Å². The number of halogens is 5. The van der Waals surface area contributed by atoms with Crippen LogP contribution in [-0.2, 0) is 0 Å². The van der Waals surface area contributed by atoms with Gasteiger partial charge in [-0.25, -0.2) is 4.98 Å². The van der Waals surface area contributed by atoms with Crippen LogP contribution >= 0.6 is 58.0 Å². The van der Waals surface area contributed by atoms with Crippen molar-refractivity contribution in [2.24, 2.45) is 0 Å². The first-order chi connectivity index (χ1) is 11.8. The second-order valence-corrected chi connectivity index (χ2v) is 6.37. The molecule has 0 fully saturated rings. The van der Waals surface area contributed by atoms with Crippen molar-refractivity contribution in [3.8, 4) is 5.75 Å². The van der Waals surface area contributed by atoms with Crippen LogP contribution < -0.4 is 15.6 Å². The molecule has 6 nitrogen and oxygen atoms in total. The second-order valence-electron chi connectivity index (χ2n) is 4.45. The highest BCUT2D eigenvalue weighted by Crippen LogP contribution is 2.35. The number of aromatic nitrogens is 1. The van der Waals surface area contributed by atoms with E-state index in [1.807, 2.05) is 0 Å². The fourth-order valence-corrected chi connectivity index (χ4v) is 2.72. The summed E-state index contributed by atoms with van der Waals surface area (Å²) in [4.78, 5) is 28.1. The highest BCUT2D eigenvalue weighted by Gasteiger charge is 2.21. The summed E-state index contributed by atoms with van der Waals surface area (Å²) in [6, 6.07) is 4.44. The van der Waals surface area contributed by atoms with Gasteiger partial charge in [-0.3, -0.25) is 20.4 Å². The summed E-state index contributed by atoms with van der Waals surface area (Å²) in [5.74, 6) is -1.25. The molecule has 0 aliphatic carbocycles. The molecule has 0 aliphatic rings. The van der Waals surface area contributed by atoms with Crippen LogP contribution in [-0.4, -0.2) is 23.9 Å². The molecule has 11 heteroatoms. The van der Waals surface area contributed by atoms with Crippen molar-refractivity contribution in [1.29, 1.82) is 0 Å². The van der Waals surface area contributed by atoms with Crippen molar-refractivity contribution in [3.05, 3.63) is 54.7 Å². The molecule has 25 heavy (non-hydrogen) atoms. The molecule has 132 valence electrons. The molecule has 2 rings (SSSR count). The maximum atomic E-state index is 12.2. The van der Waals surface area contributed by atoms with Gasteiger partial charge >= 0.3 is 0 Å². The zero-order valence-electron chi connectivity index (χ0n) is 12.3. The molecule has 0 bridgehead atoms. The summed E-state index contributed by atoms with van der Waals surface area (Å²) in [6.45, 7) is 0. The molecule has 0 radical (unpaired) electrons. The minimum atomic E-state index is -0.847. The number of carbonyl (C=O) groups is 2. The number of pyridine rings is 1. The Morgan fingerprint density at radius 1 is 0.960 bits per heavy atom. The summed E-state index contributed by atoms with van der Waals surface area (Å²) in [5.41, 5.74) is 4.13. The number of ether oxygens (including phenoxy) is 1. The fraction of sp³-hybridized carbons (Fsp3) is 0.0714.